The van der Waals surface area contributed by atoms with Crippen LogP contribution in [-0.2, 0) is 10.3 Å². The highest BCUT2D eigenvalue weighted by molar-refractivity contribution is 8.13. The molecule has 1 N–H and O–H groups in total. The van der Waals surface area contributed by atoms with Crippen molar-refractivity contribution >= 4 is 47.5 Å². The standard InChI is InChI=1S/C18H19BN2O2S2/c19-14-8-15(24-11-14)18-6-7-23-9-13(18)10-25-17(21-18)20-16(22)12-4-2-1-3-5-12/h1-5,8,11,13H,6-7,9-10,19H2,(H,20,21,22)/t13-,18-/m0/s1. The van der Waals surface area contributed by atoms with Crippen LogP contribution in [0.2, 0.25) is 0 Å². The number of hydrogen-bond donors (Lipinski definition) is 1. The molecule has 4 nitrogen and oxygen atoms in total. The van der Waals surface area contributed by atoms with Crippen molar-refractivity contribution in [2.45, 2.75) is 12.0 Å². The number of nitrogens with one attached hydrogen (secondary N) is 1. The Morgan fingerprint density at radius 3 is 2.96 bits per heavy atom. The molecule has 25 heavy (non-hydrogen) atoms. The van der Waals surface area contributed by atoms with Gasteiger partial charge >= 0.3 is 0 Å². The fourth-order valence-electron chi connectivity index (χ4n) is 3.38. The number of carbonyl (C=O) groups excluding carboxylic acids is 1. The number of carbonyl (C=O) groups is 1. The number of fused-ring (bicyclic) bond motifs is 1. The second-order valence-corrected chi connectivity index (χ2v) is 8.40. The Kier molecular flexibility index (Phi) is 4.71. The first-order valence-corrected chi connectivity index (χ1v) is 10.3. The van der Waals surface area contributed by atoms with E-state index in [9.17, 15) is 4.79 Å². The SMILES string of the molecule is Bc1csc([C@]23CCOC[C@H]2CSC(NC(=O)c2ccccc2)=N3)c1. The van der Waals surface area contributed by atoms with E-state index in [1.54, 1.807) is 23.1 Å². The third-order valence-electron chi connectivity index (χ3n) is 4.76. The number of thioether (sulfide) groups is 1. The van der Waals surface area contributed by atoms with E-state index >= 15 is 0 Å². The number of ether oxygens (including phenoxy) is 1. The van der Waals surface area contributed by atoms with Gasteiger partial charge in [0, 0.05) is 35.1 Å². The molecule has 2 aliphatic heterocycles. The molecule has 3 heterocycles. The summed E-state index contributed by atoms with van der Waals surface area (Å²) >= 11 is 3.38. The fraction of sp³-hybridized carbons (Fsp3) is 0.333. The van der Waals surface area contributed by atoms with Crippen molar-refractivity contribution < 1.29 is 9.53 Å². The summed E-state index contributed by atoms with van der Waals surface area (Å²) < 4.78 is 5.71. The first-order chi connectivity index (χ1) is 12.2. The fourth-order valence-corrected chi connectivity index (χ4v) is 5.66. The molecule has 0 saturated carbocycles. The molecule has 0 unspecified atom stereocenters. The maximum Gasteiger partial charge on any atom is 0.257 e. The summed E-state index contributed by atoms with van der Waals surface area (Å²) in [6, 6.07) is 11.5. The van der Waals surface area contributed by atoms with E-state index in [4.69, 9.17) is 9.73 Å². The Bertz CT molecular complexity index is 808. The third-order valence-corrected chi connectivity index (χ3v) is 7.01. The Labute approximate surface area is 156 Å². The van der Waals surface area contributed by atoms with E-state index < -0.39 is 0 Å². The molecule has 0 aliphatic carbocycles. The molecule has 2 atom stereocenters. The second-order valence-electron chi connectivity index (χ2n) is 6.48. The van der Waals surface area contributed by atoms with Crippen LogP contribution < -0.4 is 10.8 Å². The average molecular weight is 370 g/mol. The third kappa shape index (κ3) is 3.28. The summed E-state index contributed by atoms with van der Waals surface area (Å²) in [4.78, 5) is 18.8. The van der Waals surface area contributed by atoms with E-state index in [0.29, 0.717) is 18.1 Å². The predicted octanol–water partition coefficient (Wildman–Crippen LogP) is 1.77. The van der Waals surface area contributed by atoms with E-state index in [-0.39, 0.29) is 11.4 Å². The van der Waals surface area contributed by atoms with Crippen LogP contribution in [0, 0.1) is 5.92 Å². The molecule has 0 radical (unpaired) electrons. The van der Waals surface area contributed by atoms with Crippen molar-refractivity contribution in [3.63, 3.8) is 0 Å². The highest BCUT2D eigenvalue weighted by atomic mass is 32.2. The van der Waals surface area contributed by atoms with Gasteiger partial charge in [-0.1, -0.05) is 41.5 Å². The van der Waals surface area contributed by atoms with Gasteiger partial charge in [-0.2, -0.15) is 0 Å². The monoisotopic (exact) mass is 370 g/mol. The zero-order valence-corrected chi connectivity index (χ0v) is 15.7. The number of nitrogens with zero attached hydrogens (tertiary/aromatic N) is 1. The first kappa shape index (κ1) is 16.9. The summed E-state index contributed by atoms with van der Waals surface area (Å²) in [6.07, 6.45) is 0.864. The highest BCUT2D eigenvalue weighted by Crippen LogP contribution is 2.46. The summed E-state index contributed by atoms with van der Waals surface area (Å²) in [5.74, 6) is 1.15. The maximum absolute atomic E-state index is 12.5. The molecule has 128 valence electrons. The molecular formula is C18H19BN2O2S2. The number of amidine groups is 1. The van der Waals surface area contributed by atoms with Gasteiger partial charge in [-0.05, 0) is 17.5 Å². The Morgan fingerprint density at radius 2 is 2.20 bits per heavy atom. The molecule has 1 amide bonds. The summed E-state index contributed by atoms with van der Waals surface area (Å²) in [5.41, 5.74) is 1.66. The van der Waals surface area contributed by atoms with Gasteiger partial charge in [-0.25, -0.2) is 4.99 Å². The maximum atomic E-state index is 12.5. The molecule has 1 aromatic carbocycles. The van der Waals surface area contributed by atoms with Crippen LogP contribution in [0.5, 0.6) is 0 Å². The lowest BCUT2D eigenvalue weighted by atomic mass is 9.79. The topological polar surface area (TPSA) is 50.7 Å². The van der Waals surface area contributed by atoms with Gasteiger partial charge in [0.1, 0.15) is 13.4 Å². The largest absolute Gasteiger partial charge is 0.381 e. The minimum Gasteiger partial charge on any atom is -0.381 e. The number of aliphatic imine (C=N–C) groups is 1. The number of thiophene rings is 1. The Balaban J connectivity index is 1.65. The van der Waals surface area contributed by atoms with Gasteiger partial charge in [0.2, 0.25) is 0 Å². The normalized spacial score (nSPS) is 25.8. The molecule has 7 heteroatoms. The van der Waals surface area contributed by atoms with Crippen molar-refractivity contribution in [1.29, 1.82) is 0 Å². The number of hydrogen-bond acceptors (Lipinski definition) is 5. The van der Waals surface area contributed by atoms with Crippen LogP contribution in [0.15, 0.2) is 46.8 Å². The molecule has 0 bridgehead atoms. The summed E-state index contributed by atoms with van der Waals surface area (Å²) in [6.45, 7) is 1.44. The minimum atomic E-state index is -0.262. The molecule has 1 fully saturated rings. The summed E-state index contributed by atoms with van der Waals surface area (Å²) in [5, 5.41) is 5.90. The lowest BCUT2D eigenvalue weighted by Gasteiger charge is -2.43. The van der Waals surface area contributed by atoms with Crippen LogP contribution in [0.1, 0.15) is 21.7 Å². The van der Waals surface area contributed by atoms with Gasteiger partial charge in [0.05, 0.1) is 6.61 Å². The molecule has 1 aromatic heterocycles. The van der Waals surface area contributed by atoms with Crippen LogP contribution in [0.25, 0.3) is 0 Å². The molecule has 1 saturated heterocycles. The van der Waals surface area contributed by atoms with E-state index in [1.807, 2.05) is 30.3 Å². The molecule has 2 aliphatic rings. The molecule has 4 rings (SSSR count). The zero-order chi connectivity index (χ0) is 17.3. The van der Waals surface area contributed by atoms with Crippen molar-refractivity contribution in [3.8, 4) is 0 Å². The van der Waals surface area contributed by atoms with E-state index in [0.717, 1.165) is 23.9 Å². The highest BCUT2D eigenvalue weighted by Gasteiger charge is 2.46. The van der Waals surface area contributed by atoms with E-state index in [2.05, 4.69) is 24.6 Å². The lowest BCUT2D eigenvalue weighted by molar-refractivity contribution is 0.0113. The average Bonchev–Trinajstić information content (AvgIpc) is 3.09. The van der Waals surface area contributed by atoms with Gasteiger partial charge < -0.3 is 10.1 Å². The van der Waals surface area contributed by atoms with Crippen molar-refractivity contribution in [3.05, 3.63) is 52.2 Å². The van der Waals surface area contributed by atoms with Crippen molar-refractivity contribution in [2.24, 2.45) is 10.9 Å². The van der Waals surface area contributed by atoms with Gasteiger partial charge in [-0.3, -0.25) is 4.79 Å². The minimum absolute atomic E-state index is 0.102. The Morgan fingerprint density at radius 1 is 1.36 bits per heavy atom. The predicted molar refractivity (Wildman–Crippen MR) is 107 cm³/mol. The number of benzene rings is 1. The van der Waals surface area contributed by atoms with Crippen molar-refractivity contribution in [2.75, 3.05) is 19.0 Å². The van der Waals surface area contributed by atoms with Gasteiger partial charge in [0.15, 0.2) is 5.17 Å². The van der Waals surface area contributed by atoms with Crippen LogP contribution in [0.4, 0.5) is 0 Å². The second kappa shape index (κ2) is 6.98. The summed E-state index contributed by atoms with van der Waals surface area (Å²) in [7, 11) is 2.12. The smallest absolute Gasteiger partial charge is 0.257 e. The van der Waals surface area contributed by atoms with Gasteiger partial charge in [-0.15, -0.1) is 11.3 Å². The van der Waals surface area contributed by atoms with Crippen molar-refractivity contribution in [1.82, 2.24) is 5.32 Å². The quantitative estimate of drug-likeness (QED) is 0.820. The first-order valence-electron chi connectivity index (χ1n) is 8.40. The van der Waals surface area contributed by atoms with Crippen LogP contribution >= 0.6 is 23.1 Å². The lowest BCUT2D eigenvalue weighted by Crippen LogP contribution is -2.47. The van der Waals surface area contributed by atoms with Gasteiger partial charge in [0.25, 0.3) is 5.91 Å². The molecule has 2 aromatic rings. The number of amides is 1. The zero-order valence-electron chi connectivity index (χ0n) is 14.0. The van der Waals surface area contributed by atoms with Crippen LogP contribution in [-0.4, -0.2) is 37.9 Å². The Hall–Kier alpha value is -1.57. The molecule has 0 spiro atoms. The number of rotatable bonds is 2. The van der Waals surface area contributed by atoms with Crippen LogP contribution in [0.3, 0.4) is 0 Å². The van der Waals surface area contributed by atoms with E-state index in [1.165, 1.54) is 10.3 Å². The molecular weight excluding hydrogens is 351 g/mol.